The molecule has 1 N–H and O–H groups in total. The van der Waals surface area contributed by atoms with E-state index in [2.05, 4.69) is 5.32 Å². The predicted molar refractivity (Wildman–Crippen MR) is 98.8 cm³/mol. The number of hydrogen-bond acceptors (Lipinski definition) is 2. The topological polar surface area (TPSA) is 49.4 Å². The van der Waals surface area contributed by atoms with Crippen LogP contribution in [0, 0.1) is 20.8 Å². The molecule has 2 aromatic rings. The van der Waals surface area contributed by atoms with Gasteiger partial charge in [-0.3, -0.25) is 9.59 Å². The SMILES string of the molecule is CC(=O)N(CC(=O)Nc1cc(Cl)ccc1C)c1ccc(C)c(C)c1. The fourth-order valence-corrected chi connectivity index (χ4v) is 2.51. The van der Waals surface area contributed by atoms with Crippen LogP contribution in [-0.2, 0) is 9.59 Å². The van der Waals surface area contributed by atoms with Gasteiger partial charge in [0, 0.05) is 23.3 Å². The van der Waals surface area contributed by atoms with E-state index in [1.165, 1.54) is 11.8 Å². The summed E-state index contributed by atoms with van der Waals surface area (Å²) in [7, 11) is 0. The molecular formula is C19H21ClN2O2. The molecule has 2 aromatic carbocycles. The quantitative estimate of drug-likeness (QED) is 0.901. The van der Waals surface area contributed by atoms with Crippen molar-refractivity contribution < 1.29 is 9.59 Å². The maximum Gasteiger partial charge on any atom is 0.244 e. The number of nitrogens with zero attached hydrogens (tertiary/aromatic N) is 1. The average molecular weight is 345 g/mol. The van der Waals surface area contributed by atoms with Crippen molar-refractivity contribution in [1.29, 1.82) is 0 Å². The summed E-state index contributed by atoms with van der Waals surface area (Å²) in [6.07, 6.45) is 0. The zero-order valence-corrected chi connectivity index (χ0v) is 15.1. The first-order valence-electron chi connectivity index (χ1n) is 7.69. The van der Waals surface area contributed by atoms with Crippen LogP contribution in [0.3, 0.4) is 0 Å². The van der Waals surface area contributed by atoms with E-state index in [0.29, 0.717) is 16.4 Å². The number of aryl methyl sites for hydroxylation is 3. The molecule has 5 heteroatoms. The third kappa shape index (κ3) is 4.36. The van der Waals surface area contributed by atoms with Crippen molar-refractivity contribution >= 4 is 34.8 Å². The second-order valence-corrected chi connectivity index (χ2v) is 6.32. The lowest BCUT2D eigenvalue weighted by molar-refractivity contribution is -0.120. The first-order chi connectivity index (χ1) is 11.3. The highest BCUT2D eigenvalue weighted by Gasteiger charge is 2.17. The van der Waals surface area contributed by atoms with Crippen LogP contribution in [0.25, 0.3) is 0 Å². The number of carbonyl (C=O) groups excluding carboxylic acids is 2. The zero-order valence-electron chi connectivity index (χ0n) is 14.3. The van der Waals surface area contributed by atoms with Crippen molar-refractivity contribution in [3.05, 3.63) is 58.1 Å². The Morgan fingerprint density at radius 1 is 1.00 bits per heavy atom. The fourth-order valence-electron chi connectivity index (χ4n) is 2.34. The lowest BCUT2D eigenvalue weighted by Gasteiger charge is -2.22. The summed E-state index contributed by atoms with van der Waals surface area (Å²) >= 11 is 5.97. The Labute approximate surface area is 147 Å². The Balaban J connectivity index is 2.18. The van der Waals surface area contributed by atoms with Gasteiger partial charge in [-0.05, 0) is 61.7 Å². The Morgan fingerprint density at radius 2 is 1.67 bits per heavy atom. The van der Waals surface area contributed by atoms with Gasteiger partial charge in [0.2, 0.25) is 11.8 Å². The number of halogens is 1. The van der Waals surface area contributed by atoms with Crippen LogP contribution in [0.2, 0.25) is 5.02 Å². The summed E-state index contributed by atoms with van der Waals surface area (Å²) in [6.45, 7) is 7.27. The molecular weight excluding hydrogens is 324 g/mol. The van der Waals surface area contributed by atoms with Gasteiger partial charge in [-0.2, -0.15) is 0 Å². The van der Waals surface area contributed by atoms with Gasteiger partial charge in [-0.15, -0.1) is 0 Å². The third-order valence-electron chi connectivity index (χ3n) is 3.96. The fraction of sp³-hybridized carbons (Fsp3) is 0.263. The first-order valence-corrected chi connectivity index (χ1v) is 8.07. The summed E-state index contributed by atoms with van der Waals surface area (Å²) in [6, 6.07) is 11.0. The number of anilines is 2. The summed E-state index contributed by atoms with van der Waals surface area (Å²) in [5.41, 5.74) is 4.49. The minimum absolute atomic E-state index is 0.0518. The van der Waals surface area contributed by atoms with Crippen LogP contribution in [0.1, 0.15) is 23.6 Å². The number of rotatable bonds is 4. The third-order valence-corrected chi connectivity index (χ3v) is 4.19. The second kappa shape index (κ2) is 7.49. The van der Waals surface area contributed by atoms with Gasteiger partial charge in [0.05, 0.1) is 0 Å². The van der Waals surface area contributed by atoms with Crippen LogP contribution < -0.4 is 10.2 Å². The number of hydrogen-bond donors (Lipinski definition) is 1. The monoisotopic (exact) mass is 344 g/mol. The largest absolute Gasteiger partial charge is 0.324 e. The molecule has 0 radical (unpaired) electrons. The molecule has 0 bridgehead atoms. The van der Waals surface area contributed by atoms with E-state index in [-0.39, 0.29) is 18.4 Å². The summed E-state index contributed by atoms with van der Waals surface area (Å²) in [5.74, 6) is -0.454. The summed E-state index contributed by atoms with van der Waals surface area (Å²) in [5, 5.41) is 3.36. The molecule has 4 nitrogen and oxygen atoms in total. The molecule has 0 aliphatic carbocycles. The number of benzene rings is 2. The summed E-state index contributed by atoms with van der Waals surface area (Å²) < 4.78 is 0. The second-order valence-electron chi connectivity index (χ2n) is 5.88. The van der Waals surface area contributed by atoms with E-state index in [1.54, 1.807) is 12.1 Å². The molecule has 0 aliphatic rings. The molecule has 0 unspecified atom stereocenters. The van der Waals surface area contributed by atoms with Crippen LogP contribution in [0.4, 0.5) is 11.4 Å². The lowest BCUT2D eigenvalue weighted by Crippen LogP contribution is -2.36. The highest BCUT2D eigenvalue weighted by atomic mass is 35.5. The number of nitrogens with one attached hydrogen (secondary N) is 1. The molecule has 126 valence electrons. The molecule has 2 rings (SSSR count). The molecule has 0 saturated carbocycles. The highest BCUT2D eigenvalue weighted by molar-refractivity contribution is 6.31. The van der Waals surface area contributed by atoms with E-state index < -0.39 is 0 Å². The molecule has 0 atom stereocenters. The van der Waals surface area contributed by atoms with Crippen LogP contribution in [0.15, 0.2) is 36.4 Å². The van der Waals surface area contributed by atoms with Gasteiger partial charge < -0.3 is 10.2 Å². The predicted octanol–water partition coefficient (Wildman–Crippen LogP) is 4.26. The van der Waals surface area contributed by atoms with E-state index in [1.807, 2.05) is 45.0 Å². The van der Waals surface area contributed by atoms with Crippen molar-refractivity contribution in [2.45, 2.75) is 27.7 Å². The van der Waals surface area contributed by atoms with Crippen molar-refractivity contribution in [2.75, 3.05) is 16.8 Å². The smallest absolute Gasteiger partial charge is 0.244 e. The lowest BCUT2D eigenvalue weighted by atomic mass is 10.1. The normalized spacial score (nSPS) is 10.4. The zero-order chi connectivity index (χ0) is 17.9. The summed E-state index contributed by atoms with van der Waals surface area (Å²) in [4.78, 5) is 25.8. The van der Waals surface area contributed by atoms with Gasteiger partial charge in [-0.25, -0.2) is 0 Å². The highest BCUT2D eigenvalue weighted by Crippen LogP contribution is 2.21. The van der Waals surface area contributed by atoms with Gasteiger partial charge in [0.25, 0.3) is 0 Å². The molecule has 24 heavy (non-hydrogen) atoms. The Hall–Kier alpha value is -2.33. The Kier molecular flexibility index (Phi) is 5.62. The van der Waals surface area contributed by atoms with Crippen molar-refractivity contribution in [1.82, 2.24) is 0 Å². The molecule has 0 fully saturated rings. The van der Waals surface area contributed by atoms with Crippen molar-refractivity contribution in [3.63, 3.8) is 0 Å². The molecule has 0 saturated heterocycles. The first kappa shape index (κ1) is 18.0. The molecule has 2 amide bonds. The average Bonchev–Trinajstić information content (AvgIpc) is 2.51. The Morgan fingerprint density at radius 3 is 2.29 bits per heavy atom. The van der Waals surface area contributed by atoms with Crippen LogP contribution in [-0.4, -0.2) is 18.4 Å². The van der Waals surface area contributed by atoms with E-state index in [0.717, 1.165) is 16.7 Å². The molecule has 0 aromatic heterocycles. The number of amides is 2. The van der Waals surface area contributed by atoms with Gasteiger partial charge in [0.15, 0.2) is 0 Å². The number of carbonyl (C=O) groups is 2. The molecule has 0 aliphatic heterocycles. The Bertz CT molecular complexity index is 787. The van der Waals surface area contributed by atoms with Gasteiger partial charge >= 0.3 is 0 Å². The maximum atomic E-state index is 12.4. The molecule has 0 heterocycles. The van der Waals surface area contributed by atoms with Crippen molar-refractivity contribution in [2.24, 2.45) is 0 Å². The van der Waals surface area contributed by atoms with E-state index in [4.69, 9.17) is 11.6 Å². The molecule has 0 spiro atoms. The maximum absolute atomic E-state index is 12.4. The minimum atomic E-state index is -0.270. The van der Waals surface area contributed by atoms with Gasteiger partial charge in [0.1, 0.15) is 6.54 Å². The van der Waals surface area contributed by atoms with Gasteiger partial charge in [-0.1, -0.05) is 23.7 Å². The van der Waals surface area contributed by atoms with Crippen molar-refractivity contribution in [3.8, 4) is 0 Å². The van der Waals surface area contributed by atoms with Crippen LogP contribution in [0.5, 0.6) is 0 Å². The van der Waals surface area contributed by atoms with E-state index in [9.17, 15) is 9.59 Å². The van der Waals surface area contributed by atoms with Crippen LogP contribution >= 0.6 is 11.6 Å². The van der Waals surface area contributed by atoms with E-state index >= 15 is 0 Å². The standard InChI is InChI=1S/C19H21ClN2O2/c1-12-6-8-17(9-14(12)3)22(15(4)23)11-19(24)21-18-10-16(20)7-5-13(18)2/h5-10H,11H2,1-4H3,(H,21,24). The minimum Gasteiger partial charge on any atom is -0.324 e.